The lowest BCUT2D eigenvalue weighted by molar-refractivity contribution is 1.52. The summed E-state index contributed by atoms with van der Waals surface area (Å²) in [6, 6.07) is 8.26. The summed E-state index contributed by atoms with van der Waals surface area (Å²) in [5.74, 6) is 0. The third-order valence-corrected chi connectivity index (χ3v) is 4.84. The Morgan fingerprint density at radius 1 is 1.13 bits per heavy atom. The fourth-order valence-corrected chi connectivity index (χ4v) is 3.37. The third kappa shape index (κ3) is 2.12. The van der Waals surface area contributed by atoms with Crippen molar-refractivity contribution in [2.75, 3.05) is 5.73 Å². The van der Waals surface area contributed by atoms with E-state index in [1.54, 1.807) is 11.3 Å². The Labute approximate surface area is 110 Å². The maximum atomic E-state index is 5.92. The fourth-order valence-electron chi connectivity index (χ4n) is 1.37. The maximum absolute atomic E-state index is 5.92. The molecule has 1 aromatic carbocycles. The van der Waals surface area contributed by atoms with E-state index in [4.69, 9.17) is 5.73 Å². The van der Waals surface area contributed by atoms with E-state index in [2.05, 4.69) is 44.0 Å². The second-order valence-electron chi connectivity index (χ2n) is 3.25. The second kappa shape index (κ2) is 4.28. The summed E-state index contributed by atoms with van der Waals surface area (Å²) in [5, 5.41) is 0. The highest BCUT2D eigenvalue weighted by Gasteiger charge is 2.11. The third-order valence-electron chi connectivity index (χ3n) is 2.25. The van der Waals surface area contributed by atoms with Crippen LogP contribution in [0.3, 0.4) is 0 Å². The smallest absolute Gasteiger partial charge is 0.0936 e. The lowest BCUT2D eigenvalue weighted by Gasteiger charge is -2.00. The van der Waals surface area contributed by atoms with Crippen LogP contribution in [0.15, 0.2) is 32.5 Å². The number of nitrogens with two attached hydrogens (primary N) is 1. The van der Waals surface area contributed by atoms with Crippen molar-refractivity contribution in [1.29, 1.82) is 0 Å². The average molecular weight is 347 g/mol. The summed E-state index contributed by atoms with van der Waals surface area (Å²) in [6.45, 7) is 2.05. The fraction of sp³-hybridized carbons (Fsp3) is 0.0909. The molecular formula is C11H9Br2NS. The van der Waals surface area contributed by atoms with E-state index in [0.717, 1.165) is 19.5 Å². The van der Waals surface area contributed by atoms with E-state index >= 15 is 0 Å². The highest BCUT2D eigenvalue weighted by molar-refractivity contribution is 9.11. The Balaban J connectivity index is 2.54. The molecule has 1 heterocycles. The van der Waals surface area contributed by atoms with Crippen LogP contribution in [0.5, 0.6) is 0 Å². The molecule has 0 aliphatic carbocycles. The zero-order valence-corrected chi connectivity index (χ0v) is 12.0. The molecule has 0 radical (unpaired) electrons. The molecule has 1 nitrogen and oxygen atoms in total. The zero-order valence-electron chi connectivity index (χ0n) is 8.05. The maximum Gasteiger partial charge on any atom is 0.0936 e. The van der Waals surface area contributed by atoms with E-state index < -0.39 is 0 Å². The predicted octanol–water partition coefficient (Wildman–Crippen LogP) is 4.83. The first-order chi connectivity index (χ1) is 7.09. The van der Waals surface area contributed by atoms with Gasteiger partial charge in [0.25, 0.3) is 0 Å². The number of nitrogen functional groups attached to an aromatic ring is 1. The number of thiophene rings is 1. The van der Waals surface area contributed by atoms with Crippen molar-refractivity contribution in [3.8, 4) is 10.4 Å². The molecular weight excluding hydrogens is 338 g/mol. The summed E-state index contributed by atoms with van der Waals surface area (Å²) >= 11 is 8.56. The molecule has 0 saturated carbocycles. The monoisotopic (exact) mass is 345 g/mol. The number of benzene rings is 1. The van der Waals surface area contributed by atoms with Crippen molar-refractivity contribution >= 4 is 48.9 Å². The van der Waals surface area contributed by atoms with Gasteiger partial charge in [-0.25, -0.2) is 0 Å². The van der Waals surface area contributed by atoms with Gasteiger partial charge in [-0.1, -0.05) is 28.1 Å². The van der Waals surface area contributed by atoms with Gasteiger partial charge in [0.15, 0.2) is 0 Å². The van der Waals surface area contributed by atoms with Crippen LogP contribution in [-0.4, -0.2) is 0 Å². The number of hydrogen-bond acceptors (Lipinski definition) is 2. The molecule has 0 spiro atoms. The molecule has 1 aromatic heterocycles. The van der Waals surface area contributed by atoms with Crippen molar-refractivity contribution in [1.82, 2.24) is 0 Å². The van der Waals surface area contributed by atoms with Gasteiger partial charge in [-0.15, -0.1) is 11.3 Å². The minimum atomic E-state index is 0.845. The standard InChI is InChI=1S/C11H9Br2NS/c1-6-9(14)11(13)15-10(6)7-2-4-8(12)5-3-7/h2-5H,14H2,1H3. The molecule has 0 aliphatic heterocycles. The largest absolute Gasteiger partial charge is 0.397 e. The van der Waals surface area contributed by atoms with Crippen LogP contribution in [0, 0.1) is 6.92 Å². The molecule has 2 rings (SSSR count). The minimum Gasteiger partial charge on any atom is -0.397 e. The SMILES string of the molecule is Cc1c(-c2ccc(Br)cc2)sc(Br)c1N. The molecule has 78 valence electrons. The molecule has 0 fully saturated rings. The average Bonchev–Trinajstić information content (AvgIpc) is 2.47. The van der Waals surface area contributed by atoms with Crippen molar-refractivity contribution in [3.05, 3.63) is 38.1 Å². The van der Waals surface area contributed by atoms with Gasteiger partial charge in [0.2, 0.25) is 0 Å². The van der Waals surface area contributed by atoms with Gasteiger partial charge in [-0.05, 0) is 46.1 Å². The van der Waals surface area contributed by atoms with Gasteiger partial charge in [0.1, 0.15) is 0 Å². The first kappa shape index (κ1) is 11.2. The van der Waals surface area contributed by atoms with Gasteiger partial charge in [0.05, 0.1) is 9.47 Å². The number of halogens is 2. The molecule has 4 heteroatoms. The second-order valence-corrected chi connectivity index (χ2v) is 6.50. The van der Waals surface area contributed by atoms with E-state index in [-0.39, 0.29) is 0 Å². The van der Waals surface area contributed by atoms with Crippen LogP contribution in [0.4, 0.5) is 5.69 Å². The summed E-state index contributed by atoms with van der Waals surface area (Å²) in [4.78, 5) is 1.23. The van der Waals surface area contributed by atoms with E-state index in [1.165, 1.54) is 10.4 Å². The summed E-state index contributed by atoms with van der Waals surface area (Å²) < 4.78 is 2.10. The molecule has 2 aromatic rings. The molecule has 2 N–H and O–H groups in total. The Hall–Kier alpha value is -0.320. The van der Waals surface area contributed by atoms with Crippen molar-refractivity contribution in [3.63, 3.8) is 0 Å². The van der Waals surface area contributed by atoms with Crippen LogP contribution in [0.25, 0.3) is 10.4 Å². The van der Waals surface area contributed by atoms with E-state index in [9.17, 15) is 0 Å². The zero-order chi connectivity index (χ0) is 11.0. The number of rotatable bonds is 1. The Morgan fingerprint density at radius 2 is 1.73 bits per heavy atom. The molecule has 15 heavy (non-hydrogen) atoms. The summed E-state index contributed by atoms with van der Waals surface area (Å²) in [6.07, 6.45) is 0. The van der Waals surface area contributed by atoms with Gasteiger partial charge in [-0.2, -0.15) is 0 Å². The van der Waals surface area contributed by atoms with Gasteiger partial charge in [0, 0.05) is 9.35 Å². The van der Waals surface area contributed by atoms with Crippen molar-refractivity contribution in [2.24, 2.45) is 0 Å². The number of anilines is 1. The number of hydrogen-bond donors (Lipinski definition) is 1. The summed E-state index contributed by atoms with van der Waals surface area (Å²) in [5.41, 5.74) is 9.12. The normalized spacial score (nSPS) is 10.6. The lowest BCUT2D eigenvalue weighted by atomic mass is 10.1. The minimum absolute atomic E-state index is 0.845. The predicted molar refractivity (Wildman–Crippen MR) is 74.3 cm³/mol. The van der Waals surface area contributed by atoms with Crippen LogP contribution in [-0.2, 0) is 0 Å². The molecule has 0 unspecified atom stereocenters. The molecule has 0 atom stereocenters. The summed E-state index contributed by atoms with van der Waals surface area (Å²) in [7, 11) is 0. The van der Waals surface area contributed by atoms with Crippen LogP contribution in [0.1, 0.15) is 5.56 Å². The van der Waals surface area contributed by atoms with E-state index in [0.29, 0.717) is 0 Å². The highest BCUT2D eigenvalue weighted by atomic mass is 79.9. The lowest BCUT2D eigenvalue weighted by Crippen LogP contribution is -1.85. The van der Waals surface area contributed by atoms with Crippen molar-refractivity contribution in [2.45, 2.75) is 6.92 Å². The molecule has 0 saturated heterocycles. The van der Waals surface area contributed by atoms with Gasteiger partial charge < -0.3 is 5.73 Å². The van der Waals surface area contributed by atoms with E-state index in [1.807, 2.05) is 19.1 Å². The first-order valence-electron chi connectivity index (χ1n) is 4.40. The Kier molecular flexibility index (Phi) is 3.19. The van der Waals surface area contributed by atoms with Crippen LogP contribution < -0.4 is 5.73 Å². The van der Waals surface area contributed by atoms with Gasteiger partial charge in [-0.3, -0.25) is 0 Å². The van der Waals surface area contributed by atoms with Crippen molar-refractivity contribution < 1.29 is 0 Å². The molecule has 0 aliphatic rings. The molecule has 0 bridgehead atoms. The molecule has 0 amide bonds. The van der Waals surface area contributed by atoms with Gasteiger partial charge >= 0.3 is 0 Å². The highest BCUT2D eigenvalue weighted by Crippen LogP contribution is 2.41. The first-order valence-corrected chi connectivity index (χ1v) is 6.80. The quantitative estimate of drug-likeness (QED) is 0.786. The Bertz CT molecular complexity index is 488. The van der Waals surface area contributed by atoms with Crippen LogP contribution >= 0.6 is 43.2 Å². The Morgan fingerprint density at radius 3 is 2.20 bits per heavy atom. The van der Waals surface area contributed by atoms with Crippen LogP contribution in [0.2, 0.25) is 0 Å². The topological polar surface area (TPSA) is 26.0 Å².